The SMILES string of the molecule is CCCCCCCCCNCCNCCN. The molecule has 0 amide bonds. The molecule has 4 N–H and O–H groups in total. The third-order valence-corrected chi connectivity index (χ3v) is 2.76. The zero-order valence-electron chi connectivity index (χ0n) is 11.1. The van der Waals surface area contributed by atoms with Crippen molar-refractivity contribution in [1.29, 1.82) is 0 Å². The van der Waals surface area contributed by atoms with E-state index in [2.05, 4.69) is 17.6 Å². The molecular formula is C13H31N3. The Morgan fingerprint density at radius 3 is 1.88 bits per heavy atom. The average Bonchev–Trinajstić information content (AvgIpc) is 2.31. The number of nitrogens with two attached hydrogens (primary N) is 1. The summed E-state index contributed by atoms with van der Waals surface area (Å²) < 4.78 is 0. The van der Waals surface area contributed by atoms with Crippen LogP contribution in [0, 0.1) is 0 Å². The van der Waals surface area contributed by atoms with Crippen molar-refractivity contribution >= 4 is 0 Å². The van der Waals surface area contributed by atoms with Crippen LogP contribution in [0.2, 0.25) is 0 Å². The van der Waals surface area contributed by atoms with Crippen LogP contribution in [-0.4, -0.2) is 32.7 Å². The Bertz CT molecular complexity index is 104. The third kappa shape index (κ3) is 13.9. The predicted octanol–water partition coefficient (Wildman–Crippen LogP) is 1.87. The van der Waals surface area contributed by atoms with Gasteiger partial charge in [0.05, 0.1) is 0 Å². The van der Waals surface area contributed by atoms with Crippen LogP contribution in [0.1, 0.15) is 51.9 Å². The van der Waals surface area contributed by atoms with Crippen LogP contribution in [0.5, 0.6) is 0 Å². The van der Waals surface area contributed by atoms with E-state index in [0.717, 1.165) is 32.7 Å². The fraction of sp³-hybridized carbons (Fsp3) is 1.00. The molecule has 0 saturated heterocycles. The lowest BCUT2D eigenvalue weighted by Crippen LogP contribution is -2.31. The van der Waals surface area contributed by atoms with E-state index in [1.807, 2.05) is 0 Å². The summed E-state index contributed by atoms with van der Waals surface area (Å²) in [6, 6.07) is 0. The van der Waals surface area contributed by atoms with Crippen LogP contribution >= 0.6 is 0 Å². The van der Waals surface area contributed by atoms with E-state index in [9.17, 15) is 0 Å². The van der Waals surface area contributed by atoms with Crippen molar-refractivity contribution in [1.82, 2.24) is 10.6 Å². The molecular weight excluding hydrogens is 198 g/mol. The second-order valence-electron chi connectivity index (χ2n) is 4.41. The Morgan fingerprint density at radius 1 is 0.688 bits per heavy atom. The summed E-state index contributed by atoms with van der Waals surface area (Å²) in [4.78, 5) is 0. The van der Waals surface area contributed by atoms with Gasteiger partial charge in [-0.2, -0.15) is 0 Å². The van der Waals surface area contributed by atoms with E-state index >= 15 is 0 Å². The van der Waals surface area contributed by atoms with Gasteiger partial charge in [-0.25, -0.2) is 0 Å². The first kappa shape index (κ1) is 15.9. The molecule has 3 heteroatoms. The van der Waals surface area contributed by atoms with Gasteiger partial charge < -0.3 is 16.4 Å². The summed E-state index contributed by atoms with van der Waals surface area (Å²) in [6.07, 6.45) is 9.71. The van der Waals surface area contributed by atoms with Crippen molar-refractivity contribution in [2.75, 3.05) is 32.7 Å². The van der Waals surface area contributed by atoms with Crippen LogP contribution in [0.3, 0.4) is 0 Å². The van der Waals surface area contributed by atoms with Crippen LogP contribution in [0.25, 0.3) is 0 Å². The summed E-state index contributed by atoms with van der Waals surface area (Å²) in [5.41, 5.74) is 5.38. The second kappa shape index (κ2) is 14.9. The molecule has 0 aliphatic rings. The van der Waals surface area contributed by atoms with E-state index in [1.54, 1.807) is 0 Å². The Balaban J connectivity index is 2.83. The summed E-state index contributed by atoms with van der Waals surface area (Å²) >= 11 is 0. The van der Waals surface area contributed by atoms with E-state index in [0.29, 0.717) is 0 Å². The Hall–Kier alpha value is -0.120. The summed E-state index contributed by atoms with van der Waals surface area (Å²) in [7, 11) is 0. The molecule has 0 aliphatic heterocycles. The Kier molecular flexibility index (Phi) is 14.8. The third-order valence-electron chi connectivity index (χ3n) is 2.76. The molecule has 0 rings (SSSR count). The molecule has 0 spiro atoms. The molecule has 0 aromatic carbocycles. The second-order valence-corrected chi connectivity index (χ2v) is 4.41. The molecule has 0 atom stereocenters. The lowest BCUT2D eigenvalue weighted by atomic mass is 10.1. The number of hydrogen-bond acceptors (Lipinski definition) is 3. The molecule has 0 fully saturated rings. The van der Waals surface area contributed by atoms with Gasteiger partial charge in [-0.05, 0) is 13.0 Å². The zero-order chi connectivity index (χ0) is 11.9. The van der Waals surface area contributed by atoms with Crippen molar-refractivity contribution in [3.63, 3.8) is 0 Å². The average molecular weight is 229 g/mol. The lowest BCUT2D eigenvalue weighted by molar-refractivity contribution is 0.553. The molecule has 16 heavy (non-hydrogen) atoms. The minimum atomic E-state index is 0.734. The predicted molar refractivity (Wildman–Crippen MR) is 72.8 cm³/mol. The van der Waals surface area contributed by atoms with Crippen molar-refractivity contribution in [2.45, 2.75) is 51.9 Å². The highest BCUT2D eigenvalue weighted by molar-refractivity contribution is 4.53. The van der Waals surface area contributed by atoms with Crippen LogP contribution in [-0.2, 0) is 0 Å². The summed E-state index contributed by atoms with van der Waals surface area (Å²) in [5.74, 6) is 0. The number of hydrogen-bond donors (Lipinski definition) is 3. The van der Waals surface area contributed by atoms with E-state index in [4.69, 9.17) is 5.73 Å². The van der Waals surface area contributed by atoms with Gasteiger partial charge in [0.25, 0.3) is 0 Å². The first-order valence-electron chi connectivity index (χ1n) is 7.03. The highest BCUT2D eigenvalue weighted by Gasteiger charge is 1.91. The van der Waals surface area contributed by atoms with Gasteiger partial charge in [0, 0.05) is 26.2 Å². The minimum absolute atomic E-state index is 0.734. The summed E-state index contributed by atoms with van der Waals surface area (Å²) in [6.45, 7) is 7.20. The van der Waals surface area contributed by atoms with Crippen molar-refractivity contribution in [3.8, 4) is 0 Å². The largest absolute Gasteiger partial charge is 0.329 e. The molecule has 0 aromatic rings. The summed E-state index contributed by atoms with van der Waals surface area (Å²) in [5, 5.41) is 6.72. The maximum Gasteiger partial charge on any atom is 0.00772 e. The van der Waals surface area contributed by atoms with Crippen LogP contribution in [0.4, 0.5) is 0 Å². The van der Waals surface area contributed by atoms with E-state index in [-0.39, 0.29) is 0 Å². The van der Waals surface area contributed by atoms with Crippen molar-refractivity contribution in [2.24, 2.45) is 5.73 Å². The van der Waals surface area contributed by atoms with Gasteiger partial charge >= 0.3 is 0 Å². The lowest BCUT2D eigenvalue weighted by Gasteiger charge is -2.05. The Morgan fingerprint density at radius 2 is 1.25 bits per heavy atom. The number of unbranched alkanes of at least 4 members (excludes halogenated alkanes) is 6. The molecule has 0 radical (unpaired) electrons. The van der Waals surface area contributed by atoms with E-state index < -0.39 is 0 Å². The number of nitrogens with one attached hydrogen (secondary N) is 2. The molecule has 0 aliphatic carbocycles. The van der Waals surface area contributed by atoms with Gasteiger partial charge in [0.15, 0.2) is 0 Å². The molecule has 98 valence electrons. The highest BCUT2D eigenvalue weighted by atomic mass is 14.9. The molecule has 0 saturated carbocycles. The highest BCUT2D eigenvalue weighted by Crippen LogP contribution is 2.05. The first-order chi connectivity index (χ1) is 7.91. The quantitative estimate of drug-likeness (QED) is 0.423. The van der Waals surface area contributed by atoms with E-state index in [1.165, 1.54) is 44.9 Å². The van der Waals surface area contributed by atoms with Crippen LogP contribution < -0.4 is 16.4 Å². The van der Waals surface area contributed by atoms with Gasteiger partial charge in [-0.3, -0.25) is 0 Å². The monoisotopic (exact) mass is 229 g/mol. The molecule has 0 aromatic heterocycles. The van der Waals surface area contributed by atoms with Crippen molar-refractivity contribution < 1.29 is 0 Å². The van der Waals surface area contributed by atoms with Gasteiger partial charge in [-0.1, -0.05) is 45.4 Å². The topological polar surface area (TPSA) is 50.1 Å². The molecule has 0 heterocycles. The standard InChI is InChI=1S/C13H31N3/c1-2-3-4-5-6-7-8-10-15-12-13-16-11-9-14/h15-16H,2-14H2,1H3. The maximum atomic E-state index is 5.38. The number of rotatable bonds is 13. The molecule has 0 bridgehead atoms. The fourth-order valence-electron chi connectivity index (χ4n) is 1.74. The zero-order valence-corrected chi connectivity index (χ0v) is 11.1. The maximum absolute atomic E-state index is 5.38. The first-order valence-corrected chi connectivity index (χ1v) is 7.03. The van der Waals surface area contributed by atoms with Crippen molar-refractivity contribution in [3.05, 3.63) is 0 Å². The molecule has 3 nitrogen and oxygen atoms in total. The minimum Gasteiger partial charge on any atom is -0.329 e. The van der Waals surface area contributed by atoms with Gasteiger partial charge in [0.1, 0.15) is 0 Å². The fourth-order valence-corrected chi connectivity index (χ4v) is 1.74. The molecule has 0 unspecified atom stereocenters. The smallest absolute Gasteiger partial charge is 0.00772 e. The van der Waals surface area contributed by atoms with Gasteiger partial charge in [-0.15, -0.1) is 0 Å². The normalized spacial score (nSPS) is 10.9. The van der Waals surface area contributed by atoms with Crippen LogP contribution in [0.15, 0.2) is 0 Å². The Labute approximate surface area is 102 Å². The van der Waals surface area contributed by atoms with Gasteiger partial charge in [0.2, 0.25) is 0 Å².